The summed E-state index contributed by atoms with van der Waals surface area (Å²) in [5.41, 5.74) is 7.38. The van der Waals surface area contributed by atoms with Gasteiger partial charge in [-0.3, -0.25) is 4.79 Å². The maximum atomic E-state index is 11.7. The third-order valence-corrected chi connectivity index (χ3v) is 2.77. The Balaban J connectivity index is 2.56. The Morgan fingerprint density at radius 2 is 2.12 bits per heavy atom. The van der Waals surface area contributed by atoms with Crippen LogP contribution in [0, 0.1) is 6.92 Å². The minimum absolute atomic E-state index is 0.0329. The number of likely N-dealkylation sites (N-methyl/N-ethyl adjacent to an activating group) is 1. The standard InChI is InChI=1S/C13H20N2O2/c1-9(2)15(4)13(16)8-17-11-5-6-12(14)10(3)7-11/h5-7,9H,8,14H2,1-4H3. The van der Waals surface area contributed by atoms with Gasteiger partial charge in [0.25, 0.3) is 5.91 Å². The van der Waals surface area contributed by atoms with Crippen LogP contribution in [-0.2, 0) is 4.79 Å². The van der Waals surface area contributed by atoms with Crippen LogP contribution in [0.15, 0.2) is 18.2 Å². The number of carbonyl (C=O) groups is 1. The molecule has 1 rings (SSSR count). The molecule has 1 aromatic rings. The summed E-state index contributed by atoms with van der Waals surface area (Å²) in [7, 11) is 1.77. The number of amides is 1. The first kappa shape index (κ1) is 13.4. The number of nitrogens with zero attached hydrogens (tertiary/aromatic N) is 1. The Morgan fingerprint density at radius 1 is 1.47 bits per heavy atom. The molecule has 1 aromatic carbocycles. The number of hydrogen-bond donors (Lipinski definition) is 1. The first-order valence-electron chi connectivity index (χ1n) is 5.66. The number of benzene rings is 1. The molecule has 0 aromatic heterocycles. The van der Waals surface area contributed by atoms with Crippen molar-refractivity contribution in [2.75, 3.05) is 19.4 Å². The molecule has 0 spiro atoms. The zero-order valence-electron chi connectivity index (χ0n) is 10.9. The van der Waals surface area contributed by atoms with Gasteiger partial charge in [-0.15, -0.1) is 0 Å². The summed E-state index contributed by atoms with van der Waals surface area (Å²) < 4.78 is 5.43. The smallest absolute Gasteiger partial charge is 0.260 e. The summed E-state index contributed by atoms with van der Waals surface area (Å²) in [4.78, 5) is 13.3. The number of rotatable bonds is 4. The van der Waals surface area contributed by atoms with E-state index in [0.29, 0.717) is 5.75 Å². The highest BCUT2D eigenvalue weighted by molar-refractivity contribution is 5.77. The predicted octanol–water partition coefficient (Wildman–Crippen LogP) is 1.82. The lowest BCUT2D eigenvalue weighted by Crippen LogP contribution is -2.36. The van der Waals surface area contributed by atoms with Crippen molar-refractivity contribution in [2.24, 2.45) is 0 Å². The van der Waals surface area contributed by atoms with Gasteiger partial charge in [0, 0.05) is 18.8 Å². The number of nitrogen functional groups attached to an aromatic ring is 1. The van der Waals surface area contributed by atoms with Crippen LogP contribution in [0.3, 0.4) is 0 Å². The summed E-state index contributed by atoms with van der Waals surface area (Å²) >= 11 is 0. The summed E-state index contributed by atoms with van der Waals surface area (Å²) in [6.45, 7) is 5.89. The van der Waals surface area contributed by atoms with E-state index in [0.717, 1.165) is 11.3 Å². The van der Waals surface area contributed by atoms with E-state index in [2.05, 4.69) is 0 Å². The quantitative estimate of drug-likeness (QED) is 0.811. The molecule has 17 heavy (non-hydrogen) atoms. The Labute approximate surface area is 102 Å². The Morgan fingerprint density at radius 3 is 2.65 bits per heavy atom. The van der Waals surface area contributed by atoms with E-state index < -0.39 is 0 Å². The first-order chi connectivity index (χ1) is 7.91. The monoisotopic (exact) mass is 236 g/mol. The van der Waals surface area contributed by atoms with Crippen LogP contribution >= 0.6 is 0 Å². The van der Waals surface area contributed by atoms with Gasteiger partial charge in [0.2, 0.25) is 0 Å². The average molecular weight is 236 g/mol. The zero-order valence-corrected chi connectivity index (χ0v) is 10.9. The lowest BCUT2D eigenvalue weighted by molar-refractivity contribution is -0.133. The van der Waals surface area contributed by atoms with Crippen LogP contribution < -0.4 is 10.5 Å². The van der Waals surface area contributed by atoms with E-state index in [1.54, 1.807) is 24.1 Å². The van der Waals surface area contributed by atoms with Gasteiger partial charge in [-0.25, -0.2) is 0 Å². The van der Waals surface area contributed by atoms with E-state index >= 15 is 0 Å². The van der Waals surface area contributed by atoms with Crippen molar-refractivity contribution in [2.45, 2.75) is 26.8 Å². The lowest BCUT2D eigenvalue weighted by atomic mass is 10.2. The molecule has 0 saturated heterocycles. The van der Waals surface area contributed by atoms with Crippen molar-refractivity contribution in [1.29, 1.82) is 0 Å². The van der Waals surface area contributed by atoms with Crippen molar-refractivity contribution in [3.05, 3.63) is 23.8 Å². The highest BCUT2D eigenvalue weighted by atomic mass is 16.5. The molecule has 0 fully saturated rings. The molecule has 0 unspecified atom stereocenters. The zero-order chi connectivity index (χ0) is 13.0. The third-order valence-electron chi connectivity index (χ3n) is 2.77. The van der Waals surface area contributed by atoms with Crippen LogP contribution in [-0.4, -0.2) is 30.5 Å². The number of ether oxygens (including phenoxy) is 1. The predicted molar refractivity (Wildman–Crippen MR) is 69.0 cm³/mol. The molecule has 4 nitrogen and oxygen atoms in total. The van der Waals surface area contributed by atoms with E-state index in [4.69, 9.17) is 10.5 Å². The SMILES string of the molecule is Cc1cc(OCC(=O)N(C)C(C)C)ccc1N. The van der Waals surface area contributed by atoms with Crippen molar-refractivity contribution in [3.63, 3.8) is 0 Å². The van der Waals surface area contributed by atoms with E-state index in [-0.39, 0.29) is 18.6 Å². The van der Waals surface area contributed by atoms with Gasteiger partial charge in [-0.2, -0.15) is 0 Å². The molecule has 0 heterocycles. The average Bonchev–Trinajstić information content (AvgIpc) is 2.29. The maximum absolute atomic E-state index is 11.7. The van der Waals surface area contributed by atoms with Gasteiger partial charge in [-0.05, 0) is 44.5 Å². The molecule has 0 aliphatic carbocycles. The fourth-order valence-electron chi connectivity index (χ4n) is 1.27. The van der Waals surface area contributed by atoms with Gasteiger partial charge >= 0.3 is 0 Å². The molecule has 0 bridgehead atoms. The fourth-order valence-corrected chi connectivity index (χ4v) is 1.27. The summed E-state index contributed by atoms with van der Waals surface area (Å²) in [6, 6.07) is 5.56. The Bertz CT molecular complexity index is 402. The van der Waals surface area contributed by atoms with Crippen LogP contribution in [0.1, 0.15) is 19.4 Å². The lowest BCUT2D eigenvalue weighted by Gasteiger charge is -2.21. The molecule has 0 saturated carbocycles. The Hall–Kier alpha value is -1.71. The van der Waals surface area contributed by atoms with Gasteiger partial charge in [0.1, 0.15) is 5.75 Å². The molecule has 4 heteroatoms. The van der Waals surface area contributed by atoms with Crippen LogP contribution in [0.5, 0.6) is 5.75 Å². The summed E-state index contributed by atoms with van der Waals surface area (Å²) in [5, 5.41) is 0. The molecule has 1 amide bonds. The largest absolute Gasteiger partial charge is 0.484 e. The van der Waals surface area contributed by atoms with Gasteiger partial charge in [-0.1, -0.05) is 0 Å². The molecular weight excluding hydrogens is 216 g/mol. The second-order valence-corrected chi connectivity index (χ2v) is 4.41. The van der Waals surface area contributed by atoms with Crippen molar-refractivity contribution in [3.8, 4) is 5.75 Å². The van der Waals surface area contributed by atoms with E-state index in [1.807, 2.05) is 26.8 Å². The normalized spacial score (nSPS) is 10.4. The van der Waals surface area contributed by atoms with E-state index in [1.165, 1.54) is 0 Å². The molecule has 94 valence electrons. The van der Waals surface area contributed by atoms with Crippen LogP contribution in [0.2, 0.25) is 0 Å². The van der Waals surface area contributed by atoms with Gasteiger partial charge in [0.05, 0.1) is 0 Å². The van der Waals surface area contributed by atoms with Crippen LogP contribution in [0.25, 0.3) is 0 Å². The van der Waals surface area contributed by atoms with Crippen molar-refractivity contribution < 1.29 is 9.53 Å². The number of carbonyl (C=O) groups excluding carboxylic acids is 1. The van der Waals surface area contributed by atoms with Crippen molar-refractivity contribution in [1.82, 2.24) is 4.90 Å². The number of anilines is 1. The molecular formula is C13H20N2O2. The Kier molecular flexibility index (Phi) is 4.37. The molecule has 0 aliphatic rings. The summed E-state index contributed by atoms with van der Waals surface area (Å²) in [5.74, 6) is 0.636. The summed E-state index contributed by atoms with van der Waals surface area (Å²) in [6.07, 6.45) is 0. The molecule has 0 aliphatic heterocycles. The topological polar surface area (TPSA) is 55.6 Å². The van der Waals surface area contributed by atoms with Gasteiger partial charge in [0.15, 0.2) is 6.61 Å². The van der Waals surface area contributed by atoms with E-state index in [9.17, 15) is 4.79 Å². The van der Waals surface area contributed by atoms with Crippen LogP contribution in [0.4, 0.5) is 5.69 Å². The van der Waals surface area contributed by atoms with Crippen molar-refractivity contribution >= 4 is 11.6 Å². The second-order valence-electron chi connectivity index (χ2n) is 4.41. The minimum atomic E-state index is -0.0329. The molecule has 2 N–H and O–H groups in total. The highest BCUT2D eigenvalue weighted by Crippen LogP contribution is 2.18. The number of nitrogens with two attached hydrogens (primary N) is 1. The first-order valence-corrected chi connectivity index (χ1v) is 5.66. The highest BCUT2D eigenvalue weighted by Gasteiger charge is 2.12. The fraction of sp³-hybridized carbons (Fsp3) is 0.462. The van der Waals surface area contributed by atoms with Gasteiger partial charge < -0.3 is 15.4 Å². The molecule has 0 radical (unpaired) electrons. The number of aryl methyl sites for hydroxylation is 1. The molecule has 0 atom stereocenters. The second kappa shape index (κ2) is 5.57. The third kappa shape index (κ3) is 3.66. The minimum Gasteiger partial charge on any atom is -0.484 e. The number of hydrogen-bond acceptors (Lipinski definition) is 3. The maximum Gasteiger partial charge on any atom is 0.260 e.